The first-order valence-corrected chi connectivity index (χ1v) is 6.64. The summed E-state index contributed by atoms with van der Waals surface area (Å²) in [5, 5.41) is 3.49. The van der Waals surface area contributed by atoms with E-state index in [0.717, 1.165) is 37.1 Å². The van der Waals surface area contributed by atoms with Crippen LogP contribution in [-0.2, 0) is 6.54 Å². The van der Waals surface area contributed by atoms with Gasteiger partial charge in [0, 0.05) is 31.4 Å². The number of pyridine rings is 1. The third-order valence-electron chi connectivity index (χ3n) is 3.09. The zero-order valence-electron chi connectivity index (χ0n) is 11.4. The van der Waals surface area contributed by atoms with Crippen LogP contribution in [0.2, 0.25) is 0 Å². The predicted molar refractivity (Wildman–Crippen MR) is 75.5 cm³/mol. The maximum Gasteiger partial charge on any atom is 0.0547 e. The van der Waals surface area contributed by atoms with E-state index in [2.05, 4.69) is 41.0 Å². The van der Waals surface area contributed by atoms with E-state index in [1.54, 1.807) is 0 Å². The lowest BCUT2D eigenvalue weighted by molar-refractivity contribution is 0.347. The molecule has 0 atom stereocenters. The Kier molecular flexibility index (Phi) is 4.50. The Bertz CT molecular complexity index is 410. The molecule has 1 fully saturated rings. The highest BCUT2D eigenvalue weighted by Crippen LogP contribution is 2.18. The van der Waals surface area contributed by atoms with E-state index in [4.69, 9.17) is 0 Å². The highest BCUT2D eigenvalue weighted by atomic mass is 15.1. The first-order valence-electron chi connectivity index (χ1n) is 6.64. The summed E-state index contributed by atoms with van der Waals surface area (Å²) in [7, 11) is 2.12. The van der Waals surface area contributed by atoms with Gasteiger partial charge in [0.25, 0.3) is 0 Å². The molecule has 0 amide bonds. The van der Waals surface area contributed by atoms with Crippen LogP contribution in [0.3, 0.4) is 0 Å². The van der Waals surface area contributed by atoms with Gasteiger partial charge in [-0.3, -0.25) is 9.88 Å². The Balaban J connectivity index is 1.73. The van der Waals surface area contributed by atoms with Crippen molar-refractivity contribution >= 4 is 0 Å². The van der Waals surface area contributed by atoms with Crippen LogP contribution in [-0.4, -0.2) is 36.1 Å². The van der Waals surface area contributed by atoms with Crippen molar-refractivity contribution in [1.29, 1.82) is 0 Å². The van der Waals surface area contributed by atoms with Gasteiger partial charge in [-0.2, -0.15) is 0 Å². The van der Waals surface area contributed by atoms with Crippen LogP contribution in [0, 0.1) is 6.92 Å². The lowest BCUT2D eigenvalue weighted by Gasteiger charge is -2.18. The Hall–Kier alpha value is -1.19. The molecule has 1 heterocycles. The first kappa shape index (κ1) is 13.2. The van der Waals surface area contributed by atoms with Gasteiger partial charge in [0.05, 0.1) is 5.69 Å². The van der Waals surface area contributed by atoms with E-state index >= 15 is 0 Å². The van der Waals surface area contributed by atoms with Crippen molar-refractivity contribution < 1.29 is 0 Å². The first-order chi connectivity index (χ1) is 8.63. The summed E-state index contributed by atoms with van der Waals surface area (Å²) >= 11 is 0. The Labute approximate surface area is 110 Å². The molecular formula is C15H23N3. The summed E-state index contributed by atoms with van der Waals surface area (Å²) in [6.45, 7) is 8.90. The predicted octanol–water partition coefficient (Wildman–Crippen LogP) is 2.13. The number of likely N-dealkylation sites (N-methyl/N-ethyl adjacent to an activating group) is 1. The number of rotatable bonds is 7. The van der Waals surface area contributed by atoms with Gasteiger partial charge in [-0.05, 0) is 44.5 Å². The zero-order chi connectivity index (χ0) is 13.0. The molecule has 98 valence electrons. The average Bonchev–Trinajstić information content (AvgIpc) is 3.09. The van der Waals surface area contributed by atoms with Crippen LogP contribution in [0.1, 0.15) is 24.2 Å². The maximum absolute atomic E-state index is 4.52. The molecule has 0 saturated heterocycles. The largest absolute Gasteiger partial charge is 0.310 e. The van der Waals surface area contributed by atoms with E-state index in [1.807, 2.05) is 13.0 Å². The highest BCUT2D eigenvalue weighted by Gasteiger charge is 2.20. The molecular weight excluding hydrogens is 222 g/mol. The summed E-state index contributed by atoms with van der Waals surface area (Å²) in [4.78, 5) is 6.78. The van der Waals surface area contributed by atoms with Crippen LogP contribution in [0.4, 0.5) is 0 Å². The SMILES string of the molecule is C=C(CNC1CC1)CN(C)Cc1cccc(C)n1. The van der Waals surface area contributed by atoms with Crippen LogP contribution in [0.25, 0.3) is 0 Å². The molecule has 1 saturated carbocycles. The summed E-state index contributed by atoms with van der Waals surface area (Å²) in [5.41, 5.74) is 3.45. The van der Waals surface area contributed by atoms with Gasteiger partial charge < -0.3 is 5.32 Å². The quantitative estimate of drug-likeness (QED) is 0.746. The van der Waals surface area contributed by atoms with Gasteiger partial charge in [-0.25, -0.2) is 0 Å². The zero-order valence-corrected chi connectivity index (χ0v) is 11.4. The molecule has 0 radical (unpaired) electrons. The maximum atomic E-state index is 4.52. The molecule has 0 unspecified atom stereocenters. The number of hydrogen-bond donors (Lipinski definition) is 1. The normalized spacial score (nSPS) is 15.1. The van der Waals surface area contributed by atoms with Crippen LogP contribution < -0.4 is 5.32 Å². The fourth-order valence-electron chi connectivity index (χ4n) is 2.03. The van der Waals surface area contributed by atoms with E-state index in [9.17, 15) is 0 Å². The second-order valence-electron chi connectivity index (χ2n) is 5.35. The molecule has 0 aromatic carbocycles. The van der Waals surface area contributed by atoms with Crippen LogP contribution >= 0.6 is 0 Å². The van der Waals surface area contributed by atoms with Crippen molar-refractivity contribution in [3.8, 4) is 0 Å². The van der Waals surface area contributed by atoms with E-state index in [-0.39, 0.29) is 0 Å². The van der Waals surface area contributed by atoms with E-state index in [0.29, 0.717) is 0 Å². The minimum absolute atomic E-state index is 0.755. The minimum Gasteiger partial charge on any atom is -0.310 e. The fourth-order valence-corrected chi connectivity index (χ4v) is 2.03. The molecule has 1 N–H and O–H groups in total. The third-order valence-corrected chi connectivity index (χ3v) is 3.09. The van der Waals surface area contributed by atoms with Crippen molar-refractivity contribution in [2.45, 2.75) is 32.4 Å². The molecule has 1 aromatic heterocycles. The molecule has 18 heavy (non-hydrogen) atoms. The van der Waals surface area contributed by atoms with Gasteiger partial charge in [0.15, 0.2) is 0 Å². The highest BCUT2D eigenvalue weighted by molar-refractivity contribution is 5.10. The molecule has 1 aliphatic rings. The van der Waals surface area contributed by atoms with Gasteiger partial charge in [0.1, 0.15) is 0 Å². The molecule has 0 aliphatic heterocycles. The van der Waals surface area contributed by atoms with Gasteiger partial charge in [-0.1, -0.05) is 12.6 Å². The number of aryl methyl sites for hydroxylation is 1. The monoisotopic (exact) mass is 245 g/mol. The summed E-state index contributed by atoms with van der Waals surface area (Å²) < 4.78 is 0. The van der Waals surface area contributed by atoms with E-state index in [1.165, 1.54) is 18.4 Å². The standard InChI is InChI=1S/C15H23N3/c1-12(9-16-14-7-8-14)10-18(3)11-15-6-4-5-13(2)17-15/h4-6,14,16H,1,7-11H2,2-3H3. The summed E-state index contributed by atoms with van der Waals surface area (Å²) in [6.07, 6.45) is 2.66. The van der Waals surface area contributed by atoms with Crippen molar-refractivity contribution in [2.75, 3.05) is 20.1 Å². The molecule has 0 spiro atoms. The van der Waals surface area contributed by atoms with Gasteiger partial charge in [-0.15, -0.1) is 0 Å². The van der Waals surface area contributed by atoms with Gasteiger partial charge in [0.2, 0.25) is 0 Å². The molecule has 0 bridgehead atoms. The van der Waals surface area contributed by atoms with Crippen molar-refractivity contribution in [1.82, 2.24) is 15.2 Å². The average molecular weight is 245 g/mol. The summed E-state index contributed by atoms with van der Waals surface area (Å²) in [6, 6.07) is 6.93. The number of aromatic nitrogens is 1. The minimum atomic E-state index is 0.755. The van der Waals surface area contributed by atoms with Gasteiger partial charge >= 0.3 is 0 Å². The van der Waals surface area contributed by atoms with Crippen LogP contribution in [0.15, 0.2) is 30.4 Å². The molecule has 3 nitrogen and oxygen atoms in total. The Morgan fingerprint density at radius 2 is 2.28 bits per heavy atom. The molecule has 2 rings (SSSR count). The Morgan fingerprint density at radius 1 is 1.50 bits per heavy atom. The fraction of sp³-hybridized carbons (Fsp3) is 0.533. The third kappa shape index (κ3) is 4.59. The topological polar surface area (TPSA) is 28.2 Å². The molecule has 1 aromatic rings. The number of nitrogens with zero attached hydrogens (tertiary/aromatic N) is 2. The lowest BCUT2D eigenvalue weighted by atomic mass is 10.2. The smallest absolute Gasteiger partial charge is 0.0547 e. The lowest BCUT2D eigenvalue weighted by Crippen LogP contribution is -2.27. The number of hydrogen-bond acceptors (Lipinski definition) is 3. The number of nitrogens with one attached hydrogen (secondary N) is 1. The van der Waals surface area contributed by atoms with E-state index < -0.39 is 0 Å². The Morgan fingerprint density at radius 3 is 2.94 bits per heavy atom. The second kappa shape index (κ2) is 6.12. The van der Waals surface area contributed by atoms with Crippen molar-refractivity contribution in [2.24, 2.45) is 0 Å². The van der Waals surface area contributed by atoms with Crippen molar-refractivity contribution in [3.63, 3.8) is 0 Å². The molecule has 1 aliphatic carbocycles. The van der Waals surface area contributed by atoms with Crippen LogP contribution in [0.5, 0.6) is 0 Å². The second-order valence-corrected chi connectivity index (χ2v) is 5.35. The summed E-state index contributed by atoms with van der Waals surface area (Å²) in [5.74, 6) is 0. The van der Waals surface area contributed by atoms with Crippen molar-refractivity contribution in [3.05, 3.63) is 41.7 Å². The molecule has 3 heteroatoms.